The number of rotatable bonds is 8. The minimum atomic E-state index is -0.945. The molecule has 0 aromatic heterocycles. The number of aliphatic carboxylic acids is 1. The van der Waals surface area contributed by atoms with Crippen LogP contribution in [0.25, 0.3) is 0 Å². The van der Waals surface area contributed by atoms with Crippen LogP contribution in [-0.4, -0.2) is 29.6 Å². The fraction of sp³-hybridized carbons (Fsp3) is 0.750. The first-order valence-electron chi connectivity index (χ1n) is 6.25. The van der Waals surface area contributed by atoms with E-state index in [1.165, 1.54) is 0 Å². The molecule has 0 aliphatic carbocycles. The van der Waals surface area contributed by atoms with Crippen molar-refractivity contribution in [1.82, 2.24) is 10.6 Å². The van der Waals surface area contributed by atoms with Gasteiger partial charge in [-0.25, -0.2) is 4.79 Å². The summed E-state index contributed by atoms with van der Waals surface area (Å²) in [6.45, 7) is 4.26. The molecular weight excluding hydrogens is 236 g/mol. The number of imide groups is 1. The van der Waals surface area contributed by atoms with Gasteiger partial charge in [0.2, 0.25) is 5.91 Å². The molecular formula is C12H22N2O4. The van der Waals surface area contributed by atoms with Gasteiger partial charge in [0.05, 0.1) is 0 Å². The lowest BCUT2D eigenvalue weighted by molar-refractivity contribution is -0.138. The van der Waals surface area contributed by atoms with Crippen LogP contribution in [0.1, 0.15) is 46.0 Å². The molecule has 0 aromatic rings. The van der Waals surface area contributed by atoms with E-state index in [-0.39, 0.29) is 18.8 Å². The largest absolute Gasteiger partial charge is 0.481 e. The Hall–Kier alpha value is -1.59. The molecule has 0 saturated heterocycles. The number of urea groups is 1. The molecule has 0 heterocycles. The van der Waals surface area contributed by atoms with Crippen LogP contribution in [0.5, 0.6) is 0 Å². The lowest BCUT2D eigenvalue weighted by atomic mass is 10.0. The molecule has 1 unspecified atom stereocenters. The summed E-state index contributed by atoms with van der Waals surface area (Å²) in [5, 5.41) is 13.3. The number of carboxylic acids is 1. The Labute approximate surface area is 107 Å². The molecule has 0 aliphatic heterocycles. The maximum Gasteiger partial charge on any atom is 0.321 e. The molecule has 6 heteroatoms. The number of hydrogen-bond donors (Lipinski definition) is 3. The Morgan fingerprint density at radius 2 is 1.83 bits per heavy atom. The highest BCUT2D eigenvalue weighted by Gasteiger charge is 2.14. The first-order valence-corrected chi connectivity index (χ1v) is 6.25. The van der Waals surface area contributed by atoms with Crippen molar-refractivity contribution in [3.05, 3.63) is 0 Å². The molecule has 0 radical (unpaired) electrons. The van der Waals surface area contributed by atoms with Crippen LogP contribution in [0.3, 0.4) is 0 Å². The third kappa shape index (κ3) is 9.62. The highest BCUT2D eigenvalue weighted by molar-refractivity contribution is 5.94. The number of amides is 3. The molecule has 0 saturated carbocycles. The summed E-state index contributed by atoms with van der Waals surface area (Å²) in [7, 11) is 0. The normalized spacial score (nSPS) is 11.7. The van der Waals surface area contributed by atoms with Crippen molar-refractivity contribution in [2.45, 2.75) is 46.0 Å². The molecule has 1 atom stereocenters. The van der Waals surface area contributed by atoms with Crippen LogP contribution >= 0.6 is 0 Å². The molecule has 6 nitrogen and oxygen atoms in total. The zero-order valence-corrected chi connectivity index (χ0v) is 11.0. The topological polar surface area (TPSA) is 95.5 Å². The van der Waals surface area contributed by atoms with Gasteiger partial charge >= 0.3 is 12.0 Å². The molecule has 3 N–H and O–H groups in total. The second kappa shape index (κ2) is 9.44. The van der Waals surface area contributed by atoms with Gasteiger partial charge in [0.1, 0.15) is 0 Å². The molecule has 0 fully saturated rings. The highest BCUT2D eigenvalue weighted by atomic mass is 16.4. The zero-order chi connectivity index (χ0) is 14.0. The summed E-state index contributed by atoms with van der Waals surface area (Å²) >= 11 is 0. The first-order chi connectivity index (χ1) is 8.45. The van der Waals surface area contributed by atoms with Gasteiger partial charge in [0.25, 0.3) is 0 Å². The van der Waals surface area contributed by atoms with Crippen molar-refractivity contribution in [2.75, 3.05) is 6.54 Å². The maximum absolute atomic E-state index is 11.4. The van der Waals surface area contributed by atoms with Crippen molar-refractivity contribution in [3.8, 4) is 0 Å². The summed E-state index contributed by atoms with van der Waals surface area (Å²) < 4.78 is 0. The standard InChI is InChI=1S/C12H22N2O4/c1-3-4-5-6-13-12(18)14-10(15)7-9(2)8-11(16)17/h9H,3-8H2,1-2H3,(H,16,17)(H2,13,14,15,18). The molecule has 18 heavy (non-hydrogen) atoms. The van der Waals surface area contributed by atoms with E-state index in [1.54, 1.807) is 6.92 Å². The number of carbonyl (C=O) groups excluding carboxylic acids is 2. The average molecular weight is 258 g/mol. The Bertz CT molecular complexity index is 292. The first kappa shape index (κ1) is 16.4. The number of carbonyl (C=O) groups is 3. The smallest absolute Gasteiger partial charge is 0.321 e. The summed E-state index contributed by atoms with van der Waals surface area (Å²) in [5.74, 6) is -1.67. The van der Waals surface area contributed by atoms with Gasteiger partial charge in [-0.05, 0) is 12.3 Å². The summed E-state index contributed by atoms with van der Waals surface area (Å²) in [4.78, 5) is 33.0. The van der Waals surface area contributed by atoms with E-state index < -0.39 is 17.9 Å². The van der Waals surface area contributed by atoms with Crippen LogP contribution in [0, 0.1) is 5.92 Å². The van der Waals surface area contributed by atoms with Gasteiger partial charge in [-0.2, -0.15) is 0 Å². The monoisotopic (exact) mass is 258 g/mol. The molecule has 0 spiro atoms. The second-order valence-corrected chi connectivity index (χ2v) is 4.42. The minimum absolute atomic E-state index is 0.0364. The SMILES string of the molecule is CCCCCNC(=O)NC(=O)CC(C)CC(=O)O. The number of nitrogens with one attached hydrogen (secondary N) is 2. The van der Waals surface area contributed by atoms with E-state index in [9.17, 15) is 14.4 Å². The molecule has 0 bridgehead atoms. The third-order valence-electron chi connectivity index (χ3n) is 2.38. The van der Waals surface area contributed by atoms with E-state index in [4.69, 9.17) is 5.11 Å². The van der Waals surface area contributed by atoms with E-state index in [1.807, 2.05) is 0 Å². The quantitative estimate of drug-likeness (QED) is 0.575. The van der Waals surface area contributed by atoms with Gasteiger partial charge in [-0.15, -0.1) is 0 Å². The molecule has 104 valence electrons. The van der Waals surface area contributed by atoms with E-state index in [2.05, 4.69) is 17.6 Å². The average Bonchev–Trinajstić information content (AvgIpc) is 2.22. The predicted octanol–water partition coefficient (Wildman–Crippen LogP) is 1.50. The number of unbranched alkanes of at least 4 members (excludes halogenated alkanes) is 2. The van der Waals surface area contributed by atoms with Crippen molar-refractivity contribution in [2.24, 2.45) is 5.92 Å². The minimum Gasteiger partial charge on any atom is -0.481 e. The fourth-order valence-corrected chi connectivity index (χ4v) is 1.49. The molecule has 0 rings (SSSR count). The van der Waals surface area contributed by atoms with Gasteiger partial charge in [-0.3, -0.25) is 14.9 Å². The summed E-state index contributed by atoms with van der Waals surface area (Å²) in [6.07, 6.45) is 2.94. The van der Waals surface area contributed by atoms with Gasteiger partial charge in [-0.1, -0.05) is 26.7 Å². The van der Waals surface area contributed by atoms with Gasteiger partial charge in [0.15, 0.2) is 0 Å². The molecule has 0 aromatic carbocycles. The van der Waals surface area contributed by atoms with Crippen LogP contribution in [0.2, 0.25) is 0 Å². The number of hydrogen-bond acceptors (Lipinski definition) is 3. The molecule has 3 amide bonds. The molecule has 0 aliphatic rings. The van der Waals surface area contributed by atoms with Gasteiger partial charge < -0.3 is 10.4 Å². The van der Waals surface area contributed by atoms with Crippen LogP contribution in [0.15, 0.2) is 0 Å². The zero-order valence-electron chi connectivity index (χ0n) is 11.0. The second-order valence-electron chi connectivity index (χ2n) is 4.42. The van der Waals surface area contributed by atoms with Gasteiger partial charge in [0, 0.05) is 19.4 Å². The lowest BCUT2D eigenvalue weighted by Gasteiger charge is -2.09. The van der Waals surface area contributed by atoms with Crippen LogP contribution in [0.4, 0.5) is 4.79 Å². The lowest BCUT2D eigenvalue weighted by Crippen LogP contribution is -2.40. The predicted molar refractivity (Wildman–Crippen MR) is 67.1 cm³/mol. The summed E-state index contributed by atoms with van der Waals surface area (Å²) in [6, 6.07) is -0.515. The van der Waals surface area contributed by atoms with E-state index >= 15 is 0 Å². The Kier molecular flexibility index (Phi) is 8.61. The summed E-state index contributed by atoms with van der Waals surface area (Å²) in [5.41, 5.74) is 0. The van der Waals surface area contributed by atoms with Crippen LogP contribution < -0.4 is 10.6 Å². The number of carboxylic acid groups (broad SMARTS) is 1. The van der Waals surface area contributed by atoms with Crippen LogP contribution in [-0.2, 0) is 9.59 Å². The Balaban J connectivity index is 3.73. The third-order valence-corrected chi connectivity index (χ3v) is 2.38. The Morgan fingerprint density at radius 1 is 1.17 bits per heavy atom. The highest BCUT2D eigenvalue weighted by Crippen LogP contribution is 2.06. The maximum atomic E-state index is 11.4. The fourth-order valence-electron chi connectivity index (χ4n) is 1.49. The van der Waals surface area contributed by atoms with Crippen molar-refractivity contribution in [1.29, 1.82) is 0 Å². The van der Waals surface area contributed by atoms with Crippen molar-refractivity contribution < 1.29 is 19.5 Å². The van der Waals surface area contributed by atoms with E-state index in [0.29, 0.717) is 6.54 Å². The van der Waals surface area contributed by atoms with Crippen molar-refractivity contribution >= 4 is 17.9 Å². The van der Waals surface area contributed by atoms with E-state index in [0.717, 1.165) is 19.3 Å². The van der Waals surface area contributed by atoms with Crippen molar-refractivity contribution in [3.63, 3.8) is 0 Å². The Morgan fingerprint density at radius 3 is 2.39 bits per heavy atom.